The number of rotatable bonds is 6. The third-order valence-corrected chi connectivity index (χ3v) is 5.51. The third-order valence-electron chi connectivity index (χ3n) is 5.51. The SMILES string of the molecule is COC(=O)Oc1cnc(-c2cc(Oc3ccc4c(c3)nc(Nc3cc(C(F)(F)F)ccc3F)n4C)ccn2)[nH]1. The number of ether oxygens (including phenoxy) is 3. The predicted molar refractivity (Wildman–Crippen MR) is 130 cm³/mol. The third kappa shape index (κ3) is 5.44. The predicted octanol–water partition coefficient (Wildman–Crippen LogP) is 6.20. The van der Waals surface area contributed by atoms with E-state index < -0.39 is 23.7 Å². The van der Waals surface area contributed by atoms with Gasteiger partial charge in [-0.1, -0.05) is 0 Å². The van der Waals surface area contributed by atoms with Gasteiger partial charge in [-0.05, 0) is 36.4 Å². The topological polar surface area (TPSA) is 116 Å². The molecule has 2 aromatic carbocycles. The van der Waals surface area contributed by atoms with Crippen molar-refractivity contribution in [1.82, 2.24) is 24.5 Å². The molecule has 39 heavy (non-hydrogen) atoms. The number of benzene rings is 2. The fourth-order valence-electron chi connectivity index (χ4n) is 3.63. The molecule has 0 fully saturated rings. The second kappa shape index (κ2) is 9.96. The van der Waals surface area contributed by atoms with Crippen molar-refractivity contribution in [2.75, 3.05) is 12.4 Å². The maximum absolute atomic E-state index is 14.2. The highest BCUT2D eigenvalue weighted by molar-refractivity contribution is 5.81. The fraction of sp³-hybridized carbons (Fsp3) is 0.120. The molecule has 0 atom stereocenters. The minimum Gasteiger partial charge on any atom is -0.457 e. The Balaban J connectivity index is 1.37. The lowest BCUT2D eigenvalue weighted by Crippen LogP contribution is -2.07. The minimum atomic E-state index is -4.62. The molecular weight excluding hydrogens is 524 g/mol. The number of hydrogen-bond donors (Lipinski definition) is 2. The highest BCUT2D eigenvalue weighted by atomic mass is 19.4. The highest BCUT2D eigenvalue weighted by Crippen LogP contribution is 2.34. The van der Waals surface area contributed by atoms with E-state index in [2.05, 4.69) is 30.0 Å². The lowest BCUT2D eigenvalue weighted by atomic mass is 10.2. The second-order valence-electron chi connectivity index (χ2n) is 8.09. The number of alkyl halides is 3. The largest absolute Gasteiger partial charge is 0.514 e. The first-order valence-electron chi connectivity index (χ1n) is 11.2. The first-order chi connectivity index (χ1) is 18.6. The molecule has 0 aliphatic heterocycles. The standard InChI is InChI=1S/C25H18F4N6O4/c1-35-20-6-4-14(10-18(20)33-23(35)32-17-9-13(25(27,28)29)3-5-16(17)26)38-15-7-8-30-19(11-15)22-31-12-21(34-22)39-24(36)37-2/h3-12H,1-2H3,(H,31,34)(H,32,33). The molecule has 0 aliphatic carbocycles. The lowest BCUT2D eigenvalue weighted by molar-refractivity contribution is -0.137. The van der Waals surface area contributed by atoms with Gasteiger partial charge in [-0.25, -0.2) is 19.2 Å². The van der Waals surface area contributed by atoms with Gasteiger partial charge in [0.05, 0.1) is 35.6 Å². The van der Waals surface area contributed by atoms with E-state index in [1.54, 1.807) is 41.9 Å². The van der Waals surface area contributed by atoms with E-state index in [9.17, 15) is 22.4 Å². The number of halogens is 4. The number of aromatic amines is 1. The number of aryl methyl sites for hydroxylation is 1. The summed E-state index contributed by atoms with van der Waals surface area (Å²) in [6.45, 7) is 0. The van der Waals surface area contributed by atoms with Gasteiger partial charge in [0.15, 0.2) is 5.82 Å². The minimum absolute atomic E-state index is 0.0694. The molecule has 200 valence electrons. The van der Waals surface area contributed by atoms with Crippen molar-refractivity contribution < 1.29 is 36.6 Å². The van der Waals surface area contributed by atoms with Crippen molar-refractivity contribution in [1.29, 1.82) is 0 Å². The van der Waals surface area contributed by atoms with Crippen LogP contribution in [0.3, 0.4) is 0 Å². The number of nitrogens with zero attached hydrogens (tertiary/aromatic N) is 4. The molecule has 0 bridgehead atoms. The maximum atomic E-state index is 14.2. The molecule has 0 saturated carbocycles. The second-order valence-corrected chi connectivity index (χ2v) is 8.09. The zero-order chi connectivity index (χ0) is 27.7. The van der Waals surface area contributed by atoms with Crippen molar-refractivity contribution >= 4 is 28.8 Å². The number of anilines is 2. The van der Waals surface area contributed by atoms with Crippen molar-refractivity contribution in [3.05, 3.63) is 72.3 Å². The van der Waals surface area contributed by atoms with Crippen LogP contribution in [0.5, 0.6) is 17.4 Å². The Morgan fingerprint density at radius 2 is 1.85 bits per heavy atom. The van der Waals surface area contributed by atoms with Gasteiger partial charge in [-0.2, -0.15) is 13.2 Å². The molecule has 0 aliphatic rings. The van der Waals surface area contributed by atoms with E-state index >= 15 is 0 Å². The Morgan fingerprint density at radius 1 is 1.05 bits per heavy atom. The molecule has 0 unspecified atom stereocenters. The Hall–Kier alpha value is -5.14. The van der Waals surface area contributed by atoms with Gasteiger partial charge in [0, 0.05) is 25.4 Å². The fourth-order valence-corrected chi connectivity index (χ4v) is 3.63. The van der Waals surface area contributed by atoms with Crippen LogP contribution in [-0.2, 0) is 18.0 Å². The Bertz CT molecular complexity index is 1680. The molecular formula is C25H18F4N6O4. The summed E-state index contributed by atoms with van der Waals surface area (Å²) in [5, 5.41) is 2.63. The van der Waals surface area contributed by atoms with Gasteiger partial charge in [0.1, 0.15) is 23.0 Å². The summed E-state index contributed by atoms with van der Waals surface area (Å²) in [6.07, 6.45) is -2.73. The van der Waals surface area contributed by atoms with Crippen LogP contribution in [0.1, 0.15) is 5.56 Å². The monoisotopic (exact) mass is 542 g/mol. The zero-order valence-electron chi connectivity index (χ0n) is 20.2. The van der Waals surface area contributed by atoms with Crippen LogP contribution in [0, 0.1) is 5.82 Å². The van der Waals surface area contributed by atoms with Gasteiger partial charge in [0.25, 0.3) is 0 Å². The number of imidazole rings is 2. The van der Waals surface area contributed by atoms with Crippen LogP contribution >= 0.6 is 0 Å². The Labute approximate surface area is 217 Å². The van der Waals surface area contributed by atoms with Crippen molar-refractivity contribution in [2.24, 2.45) is 7.05 Å². The van der Waals surface area contributed by atoms with Gasteiger partial charge < -0.3 is 29.1 Å². The van der Waals surface area contributed by atoms with Gasteiger partial charge in [-0.3, -0.25) is 4.98 Å². The molecule has 0 saturated heterocycles. The van der Waals surface area contributed by atoms with E-state index in [1.807, 2.05) is 0 Å². The number of nitrogens with one attached hydrogen (secondary N) is 2. The summed E-state index contributed by atoms with van der Waals surface area (Å²) in [6, 6.07) is 10.3. The number of H-pyrrole nitrogens is 1. The molecule has 0 radical (unpaired) electrons. The number of carbonyl (C=O) groups excluding carboxylic acids is 1. The van der Waals surface area contributed by atoms with E-state index in [4.69, 9.17) is 9.47 Å². The van der Waals surface area contributed by atoms with Crippen LogP contribution in [0.4, 0.5) is 34.0 Å². The van der Waals surface area contributed by atoms with E-state index in [1.165, 1.54) is 19.5 Å². The van der Waals surface area contributed by atoms with Crippen LogP contribution < -0.4 is 14.8 Å². The number of aromatic nitrogens is 5. The van der Waals surface area contributed by atoms with Crippen molar-refractivity contribution in [3.63, 3.8) is 0 Å². The average Bonchev–Trinajstić information content (AvgIpc) is 3.49. The van der Waals surface area contributed by atoms with Crippen molar-refractivity contribution in [2.45, 2.75) is 6.18 Å². The van der Waals surface area contributed by atoms with E-state index in [0.29, 0.717) is 46.2 Å². The number of carbonyl (C=O) groups is 1. The summed E-state index contributed by atoms with van der Waals surface area (Å²) in [7, 11) is 2.82. The first-order valence-corrected chi connectivity index (χ1v) is 11.2. The molecule has 5 rings (SSSR count). The summed E-state index contributed by atoms with van der Waals surface area (Å²) in [5.41, 5.74) is 0.137. The Morgan fingerprint density at radius 3 is 2.62 bits per heavy atom. The molecule has 5 aromatic rings. The highest BCUT2D eigenvalue weighted by Gasteiger charge is 2.31. The first kappa shape index (κ1) is 25.5. The number of methoxy groups -OCH3 is 1. The van der Waals surface area contributed by atoms with Crippen molar-refractivity contribution in [3.8, 4) is 28.9 Å². The maximum Gasteiger partial charge on any atom is 0.514 e. The molecule has 10 nitrogen and oxygen atoms in total. The number of fused-ring (bicyclic) bond motifs is 1. The van der Waals surface area contributed by atoms with Crippen LogP contribution in [0.15, 0.2) is 60.9 Å². The molecule has 2 N–H and O–H groups in total. The number of pyridine rings is 1. The molecule has 14 heteroatoms. The summed E-state index contributed by atoms with van der Waals surface area (Å²) in [5.74, 6) is 0.481. The molecule has 3 heterocycles. The normalized spacial score (nSPS) is 11.4. The summed E-state index contributed by atoms with van der Waals surface area (Å²) in [4.78, 5) is 26.8. The van der Waals surface area contributed by atoms with E-state index in [0.717, 1.165) is 6.07 Å². The number of hydrogen-bond acceptors (Lipinski definition) is 8. The lowest BCUT2D eigenvalue weighted by Gasteiger charge is -2.11. The zero-order valence-corrected chi connectivity index (χ0v) is 20.2. The van der Waals surface area contributed by atoms with E-state index in [-0.39, 0.29) is 17.5 Å². The van der Waals surface area contributed by atoms with Gasteiger partial charge >= 0.3 is 12.3 Å². The molecule has 3 aromatic heterocycles. The quantitative estimate of drug-likeness (QED) is 0.193. The summed E-state index contributed by atoms with van der Waals surface area (Å²) >= 11 is 0. The average molecular weight is 542 g/mol. The smallest absolute Gasteiger partial charge is 0.457 e. The summed E-state index contributed by atoms with van der Waals surface area (Å²) < 4.78 is 70.3. The Kier molecular flexibility index (Phi) is 6.52. The molecule has 0 amide bonds. The van der Waals surface area contributed by atoms with Crippen LogP contribution in [-0.4, -0.2) is 37.8 Å². The van der Waals surface area contributed by atoms with Gasteiger partial charge in [0.2, 0.25) is 11.8 Å². The van der Waals surface area contributed by atoms with Crippen LogP contribution in [0.25, 0.3) is 22.6 Å². The molecule has 0 spiro atoms. The van der Waals surface area contributed by atoms with Crippen LogP contribution in [0.2, 0.25) is 0 Å². The van der Waals surface area contributed by atoms with Gasteiger partial charge in [-0.15, -0.1) is 0 Å².